The van der Waals surface area contributed by atoms with Gasteiger partial charge in [-0.1, -0.05) is 62.4 Å². The van der Waals surface area contributed by atoms with Crippen molar-refractivity contribution < 1.29 is 17.6 Å². The molecule has 3 aromatic rings. The summed E-state index contributed by atoms with van der Waals surface area (Å²) in [6.07, 6.45) is 2.86. The Hall–Kier alpha value is -2.79. The molecule has 2 aromatic carbocycles. The summed E-state index contributed by atoms with van der Waals surface area (Å²) in [4.78, 5) is 0. The molecule has 1 aromatic heterocycles. The molecule has 0 spiro atoms. The average molecular weight is 403 g/mol. The van der Waals surface area contributed by atoms with E-state index >= 15 is 0 Å². The summed E-state index contributed by atoms with van der Waals surface area (Å²) in [6.45, 7) is 10.5. The molecule has 0 amide bonds. The summed E-state index contributed by atoms with van der Waals surface area (Å²) >= 11 is 0. The Kier molecular flexibility index (Phi) is 10.6. The normalized spacial score (nSPS) is 10.8. The highest BCUT2D eigenvalue weighted by molar-refractivity contribution is 5.80. The van der Waals surface area contributed by atoms with Gasteiger partial charge in [-0.2, -0.15) is 13.2 Å². The second-order valence-electron chi connectivity index (χ2n) is 5.82. The van der Waals surface area contributed by atoms with Crippen molar-refractivity contribution in [3.63, 3.8) is 0 Å². The molecular formula is C24H28F3NO. The SMILES string of the molecule is C=CC.CC.FC(F)(F)c1ccc(/C=C/CNCc2coc3ccccc23)cc1. The first kappa shape index (κ1) is 24.2. The van der Waals surface area contributed by atoms with E-state index in [0.29, 0.717) is 13.1 Å². The molecule has 5 heteroatoms. The van der Waals surface area contributed by atoms with Crippen molar-refractivity contribution >= 4 is 17.0 Å². The van der Waals surface area contributed by atoms with Crippen LogP contribution in [0.4, 0.5) is 13.2 Å². The molecule has 0 aliphatic rings. The van der Waals surface area contributed by atoms with E-state index in [1.165, 1.54) is 12.1 Å². The monoisotopic (exact) mass is 403 g/mol. The van der Waals surface area contributed by atoms with Crippen LogP contribution in [0.5, 0.6) is 0 Å². The maximum atomic E-state index is 12.5. The van der Waals surface area contributed by atoms with Crippen LogP contribution in [0.1, 0.15) is 37.5 Å². The third-order valence-electron chi connectivity index (χ3n) is 3.69. The summed E-state index contributed by atoms with van der Waals surface area (Å²) in [7, 11) is 0. The Morgan fingerprint density at radius 1 is 1.03 bits per heavy atom. The van der Waals surface area contributed by atoms with E-state index in [1.54, 1.807) is 18.4 Å². The Balaban J connectivity index is 0.000000771. The summed E-state index contributed by atoms with van der Waals surface area (Å²) in [5, 5.41) is 4.34. The number of halogens is 3. The largest absolute Gasteiger partial charge is 0.464 e. The fourth-order valence-electron chi connectivity index (χ4n) is 2.44. The van der Waals surface area contributed by atoms with Crippen LogP contribution in [-0.2, 0) is 12.7 Å². The molecule has 156 valence electrons. The molecule has 1 heterocycles. The van der Waals surface area contributed by atoms with Gasteiger partial charge in [0.2, 0.25) is 0 Å². The van der Waals surface area contributed by atoms with Gasteiger partial charge in [-0.05, 0) is 30.7 Å². The van der Waals surface area contributed by atoms with Gasteiger partial charge in [0.25, 0.3) is 0 Å². The minimum Gasteiger partial charge on any atom is -0.464 e. The van der Waals surface area contributed by atoms with Gasteiger partial charge in [0.1, 0.15) is 5.58 Å². The minimum absolute atomic E-state index is 0.612. The Labute approximate surface area is 170 Å². The lowest BCUT2D eigenvalue weighted by Crippen LogP contribution is -2.12. The molecule has 0 radical (unpaired) electrons. The van der Waals surface area contributed by atoms with Crippen LogP contribution >= 0.6 is 0 Å². The predicted octanol–water partition coefficient (Wildman–Crippen LogP) is 7.47. The summed E-state index contributed by atoms with van der Waals surface area (Å²) in [6, 6.07) is 12.9. The average Bonchev–Trinajstić information content (AvgIpc) is 3.13. The number of hydrogen-bond acceptors (Lipinski definition) is 2. The Bertz CT molecular complexity index is 877. The van der Waals surface area contributed by atoms with Crippen molar-refractivity contribution in [2.24, 2.45) is 0 Å². The zero-order chi connectivity index (χ0) is 21.7. The fraction of sp³-hybridized carbons (Fsp3) is 0.250. The van der Waals surface area contributed by atoms with Crippen LogP contribution in [0.25, 0.3) is 17.0 Å². The van der Waals surface area contributed by atoms with Gasteiger partial charge in [0.15, 0.2) is 0 Å². The van der Waals surface area contributed by atoms with E-state index in [4.69, 9.17) is 4.42 Å². The number of fused-ring (bicyclic) bond motifs is 1. The number of rotatable bonds is 5. The van der Waals surface area contributed by atoms with Crippen LogP contribution < -0.4 is 5.32 Å². The Morgan fingerprint density at radius 3 is 2.28 bits per heavy atom. The van der Waals surface area contributed by atoms with Gasteiger partial charge in [-0.15, -0.1) is 6.58 Å². The minimum atomic E-state index is -4.29. The standard InChI is InChI=1S/C19H16F3NO.C3H6.C2H6/c20-19(21,22)16-9-7-14(8-10-16)4-3-11-23-12-15-13-24-18-6-2-1-5-17(15)18;1-3-2;1-2/h1-10,13,23H,11-12H2;3H,1H2,2H3;1-2H3/b4-3+;;. The van der Waals surface area contributed by atoms with E-state index in [9.17, 15) is 13.2 Å². The van der Waals surface area contributed by atoms with Crippen LogP contribution in [0.2, 0.25) is 0 Å². The van der Waals surface area contributed by atoms with Crippen molar-refractivity contribution in [3.8, 4) is 0 Å². The zero-order valence-corrected chi connectivity index (χ0v) is 17.1. The molecule has 0 aliphatic heterocycles. The second-order valence-corrected chi connectivity index (χ2v) is 5.82. The van der Waals surface area contributed by atoms with Gasteiger partial charge < -0.3 is 9.73 Å². The van der Waals surface area contributed by atoms with Gasteiger partial charge in [-0.25, -0.2) is 0 Å². The van der Waals surface area contributed by atoms with Crippen LogP contribution in [0.15, 0.2) is 77.9 Å². The number of hydrogen-bond donors (Lipinski definition) is 1. The van der Waals surface area contributed by atoms with E-state index in [0.717, 1.165) is 34.2 Å². The predicted molar refractivity (Wildman–Crippen MR) is 116 cm³/mol. The summed E-state index contributed by atoms with van der Waals surface area (Å²) in [5.41, 5.74) is 2.03. The van der Waals surface area contributed by atoms with Crippen molar-refractivity contribution in [1.29, 1.82) is 0 Å². The number of allylic oxidation sites excluding steroid dienone is 1. The maximum absolute atomic E-state index is 12.5. The fourth-order valence-corrected chi connectivity index (χ4v) is 2.44. The lowest BCUT2D eigenvalue weighted by molar-refractivity contribution is -0.137. The van der Waals surface area contributed by atoms with Crippen molar-refractivity contribution in [2.75, 3.05) is 6.54 Å². The van der Waals surface area contributed by atoms with Crippen LogP contribution in [0, 0.1) is 0 Å². The van der Waals surface area contributed by atoms with Gasteiger partial charge in [-0.3, -0.25) is 0 Å². The molecule has 0 bridgehead atoms. The quantitative estimate of drug-likeness (QED) is 0.353. The third-order valence-corrected chi connectivity index (χ3v) is 3.69. The molecule has 0 saturated heterocycles. The number of furan rings is 1. The third kappa shape index (κ3) is 8.00. The number of alkyl halides is 3. The van der Waals surface area contributed by atoms with Crippen LogP contribution in [-0.4, -0.2) is 6.54 Å². The Morgan fingerprint density at radius 2 is 1.66 bits per heavy atom. The molecular weight excluding hydrogens is 375 g/mol. The summed E-state index contributed by atoms with van der Waals surface area (Å²) < 4.78 is 42.9. The van der Waals surface area contributed by atoms with E-state index < -0.39 is 11.7 Å². The topological polar surface area (TPSA) is 25.2 Å². The molecule has 2 nitrogen and oxygen atoms in total. The van der Waals surface area contributed by atoms with E-state index in [2.05, 4.69) is 11.9 Å². The van der Waals surface area contributed by atoms with Crippen molar-refractivity contribution in [3.05, 3.63) is 90.2 Å². The molecule has 0 atom stereocenters. The summed E-state index contributed by atoms with van der Waals surface area (Å²) in [5.74, 6) is 0. The zero-order valence-electron chi connectivity index (χ0n) is 17.1. The number of nitrogens with one attached hydrogen (secondary N) is 1. The molecule has 3 rings (SSSR count). The van der Waals surface area contributed by atoms with Crippen LogP contribution in [0.3, 0.4) is 0 Å². The molecule has 0 fully saturated rings. The molecule has 0 saturated carbocycles. The van der Waals surface area contributed by atoms with E-state index in [-0.39, 0.29) is 0 Å². The maximum Gasteiger partial charge on any atom is 0.416 e. The lowest BCUT2D eigenvalue weighted by Gasteiger charge is -2.05. The molecule has 0 unspecified atom stereocenters. The van der Waals surface area contributed by atoms with Gasteiger partial charge in [0, 0.05) is 24.0 Å². The first-order chi connectivity index (χ1) is 14.0. The van der Waals surface area contributed by atoms with E-state index in [1.807, 2.05) is 51.1 Å². The van der Waals surface area contributed by atoms with Gasteiger partial charge in [0.05, 0.1) is 11.8 Å². The molecule has 1 N–H and O–H groups in total. The highest BCUT2D eigenvalue weighted by Crippen LogP contribution is 2.29. The smallest absolute Gasteiger partial charge is 0.416 e. The molecule has 0 aliphatic carbocycles. The molecule has 29 heavy (non-hydrogen) atoms. The first-order valence-electron chi connectivity index (χ1n) is 9.52. The van der Waals surface area contributed by atoms with Crippen molar-refractivity contribution in [1.82, 2.24) is 5.32 Å². The first-order valence-corrected chi connectivity index (χ1v) is 9.52. The highest BCUT2D eigenvalue weighted by atomic mass is 19.4. The lowest BCUT2D eigenvalue weighted by atomic mass is 10.1. The second kappa shape index (κ2) is 12.6. The van der Waals surface area contributed by atoms with Gasteiger partial charge >= 0.3 is 6.18 Å². The van der Waals surface area contributed by atoms with Crippen molar-refractivity contribution in [2.45, 2.75) is 33.5 Å². The number of benzene rings is 2. The highest BCUT2D eigenvalue weighted by Gasteiger charge is 2.29. The number of para-hydroxylation sites is 1.